The van der Waals surface area contributed by atoms with Crippen LogP contribution in [0.3, 0.4) is 0 Å². The van der Waals surface area contributed by atoms with Crippen LogP contribution in [0.5, 0.6) is 0 Å². The highest BCUT2D eigenvalue weighted by Crippen LogP contribution is 2.12. The maximum absolute atomic E-state index is 10.6. The first kappa shape index (κ1) is 24.2. The smallest absolute Gasteiger partial charge is 0.217 e. The molecule has 0 heterocycles. The summed E-state index contributed by atoms with van der Waals surface area (Å²) >= 11 is 0. The fourth-order valence-corrected chi connectivity index (χ4v) is 3.12. The number of rotatable bonds is 20. The number of aliphatic hydroxyl groups is 1. The lowest BCUT2D eigenvalue weighted by molar-refractivity contribution is -0.118. The molecule has 0 aromatic heterocycles. The van der Waals surface area contributed by atoms with Crippen LogP contribution in [0.15, 0.2) is 12.2 Å². The molecule has 148 valence electrons. The summed E-state index contributed by atoms with van der Waals surface area (Å²) in [5.74, 6) is -0.164. The lowest BCUT2D eigenvalue weighted by Crippen LogP contribution is -2.09. The lowest BCUT2D eigenvalue weighted by atomic mass is 10.1. The first-order chi connectivity index (χ1) is 12.3. The van der Waals surface area contributed by atoms with E-state index in [1.807, 2.05) is 0 Å². The highest BCUT2D eigenvalue weighted by molar-refractivity contribution is 5.73. The molecule has 0 radical (unpaired) electrons. The van der Waals surface area contributed by atoms with Crippen LogP contribution in [0, 0.1) is 0 Å². The van der Waals surface area contributed by atoms with Crippen molar-refractivity contribution in [1.82, 2.24) is 0 Å². The van der Waals surface area contributed by atoms with E-state index in [2.05, 4.69) is 12.2 Å². The van der Waals surface area contributed by atoms with E-state index in [-0.39, 0.29) is 5.91 Å². The maximum atomic E-state index is 10.6. The second-order valence-electron chi connectivity index (χ2n) is 7.29. The zero-order chi connectivity index (χ0) is 18.4. The van der Waals surface area contributed by atoms with Gasteiger partial charge in [-0.2, -0.15) is 0 Å². The number of carbonyl (C=O) groups excluding carboxylic acids is 1. The second-order valence-corrected chi connectivity index (χ2v) is 7.29. The summed E-state index contributed by atoms with van der Waals surface area (Å²) in [7, 11) is 0. The second kappa shape index (κ2) is 21.2. The van der Waals surface area contributed by atoms with Gasteiger partial charge in [-0.05, 0) is 38.5 Å². The van der Waals surface area contributed by atoms with Crippen LogP contribution in [-0.4, -0.2) is 17.6 Å². The van der Waals surface area contributed by atoms with Gasteiger partial charge in [-0.15, -0.1) is 0 Å². The molecule has 0 aliphatic carbocycles. The number of nitrogens with two attached hydrogens (primary N) is 1. The molecule has 0 bridgehead atoms. The number of carbonyl (C=O) groups is 1. The lowest BCUT2D eigenvalue weighted by Gasteiger charge is -2.01. The third-order valence-electron chi connectivity index (χ3n) is 4.74. The number of hydrogen-bond donors (Lipinski definition) is 2. The van der Waals surface area contributed by atoms with E-state index >= 15 is 0 Å². The Bertz CT molecular complexity index is 302. The standard InChI is InChI=1S/C22H43NO2/c23-22(25)20-18-16-14-12-10-8-6-4-2-1-3-5-7-9-11-13-15-17-19-21-24/h3,5,24H,1-2,4,6-21H2,(H2,23,25)/b5-3+. The van der Waals surface area contributed by atoms with Gasteiger partial charge in [0.1, 0.15) is 0 Å². The summed E-state index contributed by atoms with van der Waals surface area (Å²) in [6.07, 6.45) is 26.6. The maximum Gasteiger partial charge on any atom is 0.217 e. The minimum Gasteiger partial charge on any atom is -0.396 e. The predicted molar refractivity (Wildman–Crippen MR) is 109 cm³/mol. The third kappa shape index (κ3) is 23.2. The van der Waals surface area contributed by atoms with Crippen molar-refractivity contribution in [3.05, 3.63) is 12.2 Å². The van der Waals surface area contributed by atoms with E-state index in [0.29, 0.717) is 13.0 Å². The van der Waals surface area contributed by atoms with E-state index in [0.717, 1.165) is 19.3 Å². The van der Waals surface area contributed by atoms with Crippen LogP contribution in [-0.2, 0) is 4.79 Å². The van der Waals surface area contributed by atoms with Crippen LogP contribution >= 0.6 is 0 Å². The molecule has 25 heavy (non-hydrogen) atoms. The van der Waals surface area contributed by atoms with E-state index in [1.54, 1.807) is 0 Å². The molecule has 0 aliphatic heterocycles. The summed E-state index contributed by atoms with van der Waals surface area (Å²) in [5, 5.41) is 8.70. The summed E-state index contributed by atoms with van der Waals surface area (Å²) in [4.78, 5) is 10.6. The Morgan fingerprint density at radius 1 is 0.600 bits per heavy atom. The SMILES string of the molecule is NC(=O)CCCCCCCCCCC/C=C/CCCCCCCCO. The average Bonchev–Trinajstić information content (AvgIpc) is 2.60. The molecule has 3 N–H and O–H groups in total. The van der Waals surface area contributed by atoms with Gasteiger partial charge in [-0.25, -0.2) is 0 Å². The Morgan fingerprint density at radius 3 is 1.36 bits per heavy atom. The van der Waals surface area contributed by atoms with Crippen molar-refractivity contribution in [2.75, 3.05) is 6.61 Å². The quantitative estimate of drug-likeness (QED) is 0.207. The van der Waals surface area contributed by atoms with Gasteiger partial charge in [0.2, 0.25) is 5.91 Å². The zero-order valence-electron chi connectivity index (χ0n) is 16.5. The van der Waals surface area contributed by atoms with Gasteiger partial charge < -0.3 is 10.8 Å². The van der Waals surface area contributed by atoms with Crippen molar-refractivity contribution in [3.63, 3.8) is 0 Å². The Labute approximate surface area is 156 Å². The van der Waals surface area contributed by atoms with Gasteiger partial charge in [0.05, 0.1) is 0 Å². The number of amides is 1. The molecule has 0 aromatic rings. The van der Waals surface area contributed by atoms with E-state index in [9.17, 15) is 4.79 Å². The highest BCUT2D eigenvalue weighted by Gasteiger charge is 1.95. The van der Waals surface area contributed by atoms with Crippen molar-refractivity contribution in [2.45, 2.75) is 116 Å². The molecule has 0 aliphatic rings. The summed E-state index contributed by atoms with van der Waals surface area (Å²) in [5.41, 5.74) is 5.12. The summed E-state index contributed by atoms with van der Waals surface area (Å²) in [6, 6.07) is 0. The molecule has 0 aromatic carbocycles. The zero-order valence-corrected chi connectivity index (χ0v) is 16.5. The summed E-state index contributed by atoms with van der Waals surface area (Å²) < 4.78 is 0. The molecule has 3 nitrogen and oxygen atoms in total. The Balaban J connectivity index is 3.07. The largest absolute Gasteiger partial charge is 0.396 e. The van der Waals surface area contributed by atoms with Crippen molar-refractivity contribution in [2.24, 2.45) is 5.73 Å². The van der Waals surface area contributed by atoms with E-state index in [1.165, 1.54) is 89.9 Å². The Hall–Kier alpha value is -0.830. The van der Waals surface area contributed by atoms with Crippen LogP contribution in [0.2, 0.25) is 0 Å². The molecule has 0 spiro atoms. The van der Waals surface area contributed by atoms with Crippen LogP contribution in [0.1, 0.15) is 116 Å². The van der Waals surface area contributed by atoms with Crippen molar-refractivity contribution in [3.8, 4) is 0 Å². The van der Waals surface area contributed by atoms with Gasteiger partial charge in [-0.3, -0.25) is 4.79 Å². The Morgan fingerprint density at radius 2 is 0.960 bits per heavy atom. The fourth-order valence-electron chi connectivity index (χ4n) is 3.12. The van der Waals surface area contributed by atoms with Gasteiger partial charge in [0.15, 0.2) is 0 Å². The molecule has 0 unspecified atom stereocenters. The van der Waals surface area contributed by atoms with Gasteiger partial charge in [0.25, 0.3) is 0 Å². The summed E-state index contributed by atoms with van der Waals surface area (Å²) in [6.45, 7) is 0.348. The number of unbranched alkanes of at least 4 members (excludes halogenated alkanes) is 15. The minimum absolute atomic E-state index is 0.164. The highest BCUT2D eigenvalue weighted by atomic mass is 16.2. The number of primary amides is 1. The average molecular weight is 354 g/mol. The van der Waals surface area contributed by atoms with E-state index < -0.39 is 0 Å². The molecule has 3 heteroatoms. The van der Waals surface area contributed by atoms with Crippen LogP contribution < -0.4 is 5.73 Å². The Kier molecular flexibility index (Phi) is 20.5. The van der Waals surface area contributed by atoms with Crippen molar-refractivity contribution >= 4 is 5.91 Å². The first-order valence-corrected chi connectivity index (χ1v) is 10.8. The predicted octanol–water partition coefficient (Wildman–Crippen LogP) is 6.04. The number of hydrogen-bond acceptors (Lipinski definition) is 2. The molecular weight excluding hydrogens is 310 g/mol. The van der Waals surface area contributed by atoms with Gasteiger partial charge in [0, 0.05) is 13.0 Å². The topological polar surface area (TPSA) is 63.3 Å². The number of allylic oxidation sites excluding steroid dienone is 2. The molecular formula is C22H43NO2. The van der Waals surface area contributed by atoms with Crippen molar-refractivity contribution < 1.29 is 9.90 Å². The third-order valence-corrected chi connectivity index (χ3v) is 4.74. The number of aliphatic hydroxyl groups excluding tert-OH is 1. The van der Waals surface area contributed by atoms with E-state index in [4.69, 9.17) is 10.8 Å². The fraction of sp³-hybridized carbons (Fsp3) is 0.864. The molecule has 0 rings (SSSR count). The first-order valence-electron chi connectivity index (χ1n) is 10.8. The van der Waals surface area contributed by atoms with Gasteiger partial charge >= 0.3 is 0 Å². The van der Waals surface area contributed by atoms with Crippen LogP contribution in [0.25, 0.3) is 0 Å². The molecule has 0 saturated carbocycles. The van der Waals surface area contributed by atoms with Crippen molar-refractivity contribution in [1.29, 1.82) is 0 Å². The molecule has 1 amide bonds. The van der Waals surface area contributed by atoms with Gasteiger partial charge in [-0.1, -0.05) is 82.8 Å². The molecule has 0 fully saturated rings. The molecule has 0 atom stereocenters. The monoisotopic (exact) mass is 353 g/mol. The minimum atomic E-state index is -0.164. The normalized spacial score (nSPS) is 11.4. The molecule has 0 saturated heterocycles. The van der Waals surface area contributed by atoms with Crippen LogP contribution in [0.4, 0.5) is 0 Å².